The van der Waals surface area contributed by atoms with Gasteiger partial charge < -0.3 is 26.6 Å². The second kappa shape index (κ2) is 11.6. The molecule has 4 rings (SSSR count). The Balaban J connectivity index is 1.30. The van der Waals surface area contributed by atoms with E-state index in [0.29, 0.717) is 50.0 Å². The lowest BCUT2D eigenvalue weighted by Gasteiger charge is -2.37. The maximum atomic E-state index is 12.7. The molecule has 11 nitrogen and oxygen atoms in total. The first-order valence-electron chi connectivity index (χ1n) is 13.3. The number of nitrogens with two attached hydrogens (primary N) is 2. The van der Waals surface area contributed by atoms with Crippen LogP contribution in [0.25, 0.3) is 5.69 Å². The number of aromatic nitrogens is 2. The molecule has 0 bridgehead atoms. The molecule has 1 aromatic carbocycles. The maximum absolute atomic E-state index is 12.7. The van der Waals surface area contributed by atoms with Crippen LogP contribution in [-0.4, -0.2) is 81.1 Å². The molecule has 2 aromatic rings. The van der Waals surface area contributed by atoms with Crippen molar-refractivity contribution in [3.63, 3.8) is 0 Å². The Kier molecular flexibility index (Phi) is 8.49. The van der Waals surface area contributed by atoms with E-state index in [1.165, 1.54) is 10.1 Å². The fraction of sp³-hybridized carbons (Fsp3) is 0.556. The van der Waals surface area contributed by atoms with Gasteiger partial charge in [0.15, 0.2) is 0 Å². The number of hydrogen-bond donors (Lipinski definition) is 4. The van der Waals surface area contributed by atoms with Crippen molar-refractivity contribution in [2.75, 3.05) is 31.5 Å². The van der Waals surface area contributed by atoms with Crippen molar-refractivity contribution >= 4 is 17.8 Å². The zero-order chi connectivity index (χ0) is 27.4. The Morgan fingerprint density at radius 3 is 2.32 bits per heavy atom. The molecule has 1 saturated carbocycles. The van der Waals surface area contributed by atoms with Crippen LogP contribution in [0.1, 0.15) is 45.6 Å². The van der Waals surface area contributed by atoms with Crippen LogP contribution in [0.5, 0.6) is 0 Å². The number of urea groups is 1. The third-order valence-corrected chi connectivity index (χ3v) is 7.19. The average molecular weight is 525 g/mol. The summed E-state index contributed by atoms with van der Waals surface area (Å²) in [6, 6.07) is 10.2. The molecule has 2 fully saturated rings. The molecular weight excluding hydrogens is 484 g/mol. The van der Waals surface area contributed by atoms with Crippen molar-refractivity contribution in [2.24, 2.45) is 11.5 Å². The van der Waals surface area contributed by atoms with E-state index in [-0.39, 0.29) is 17.8 Å². The van der Waals surface area contributed by atoms with E-state index >= 15 is 0 Å². The van der Waals surface area contributed by atoms with Gasteiger partial charge in [0.25, 0.3) is 0 Å². The number of hydrogen-bond acceptors (Lipinski definition) is 7. The number of anilines is 1. The first-order chi connectivity index (χ1) is 18.0. The van der Waals surface area contributed by atoms with Gasteiger partial charge in [0.05, 0.1) is 11.2 Å². The fourth-order valence-corrected chi connectivity index (χ4v) is 5.15. The molecule has 3 amide bonds. The lowest BCUT2D eigenvalue weighted by Crippen LogP contribution is -2.58. The summed E-state index contributed by atoms with van der Waals surface area (Å²) in [7, 11) is 0. The first-order valence-corrected chi connectivity index (χ1v) is 13.3. The molecule has 1 saturated heterocycles. The van der Waals surface area contributed by atoms with E-state index in [1.54, 1.807) is 35.9 Å². The van der Waals surface area contributed by atoms with Crippen LogP contribution < -0.4 is 27.8 Å². The highest BCUT2D eigenvalue weighted by Gasteiger charge is 2.31. The predicted octanol–water partition coefficient (Wildman–Crippen LogP) is 1.05. The number of carbonyl (C=O) groups is 2. The number of rotatable bonds is 7. The number of nitrogens with zero attached hydrogens (tertiary/aromatic N) is 4. The molecule has 1 aliphatic carbocycles. The van der Waals surface area contributed by atoms with E-state index < -0.39 is 11.2 Å². The number of amides is 3. The van der Waals surface area contributed by atoms with E-state index in [0.717, 1.165) is 25.7 Å². The molecule has 6 N–H and O–H groups in total. The second-order valence-electron chi connectivity index (χ2n) is 11.1. The third kappa shape index (κ3) is 6.97. The van der Waals surface area contributed by atoms with Gasteiger partial charge in [-0.1, -0.05) is 12.1 Å². The normalized spacial score (nSPS) is 20.9. The molecule has 1 aromatic heterocycles. The maximum Gasteiger partial charge on any atom is 0.354 e. The van der Waals surface area contributed by atoms with Gasteiger partial charge in [0, 0.05) is 50.5 Å². The Hall–Kier alpha value is -3.28. The molecule has 2 heterocycles. The Morgan fingerprint density at radius 1 is 1.08 bits per heavy atom. The number of benzene rings is 1. The monoisotopic (exact) mass is 524 g/mol. The van der Waals surface area contributed by atoms with Gasteiger partial charge in [-0.25, -0.2) is 9.59 Å². The number of carbonyl (C=O) groups excluding carboxylic acids is 2. The summed E-state index contributed by atoms with van der Waals surface area (Å²) in [5.74, 6) is 0.0392. The summed E-state index contributed by atoms with van der Waals surface area (Å²) in [5, 5.41) is 6.35. The van der Waals surface area contributed by atoms with Gasteiger partial charge in [0.2, 0.25) is 5.91 Å². The van der Waals surface area contributed by atoms with Gasteiger partial charge in [0.1, 0.15) is 5.82 Å². The smallest absolute Gasteiger partial charge is 0.338 e. The molecule has 1 unspecified atom stereocenters. The van der Waals surface area contributed by atoms with Gasteiger partial charge in [-0.3, -0.25) is 14.7 Å². The molecule has 2 aliphatic rings. The second-order valence-corrected chi connectivity index (χ2v) is 11.1. The standard InChI is InChI=1S/C27H40N8O3/c1-18(30-21-7-6-20(28)17-21)16-19-4-8-22(9-5-19)35-11-10-23(32-26(35)38)31-25(37)34-14-12-33(13-15-34)24(36)27(2,3)29/h4-5,8-11,18,20-21,30H,6-7,12-17,28-29H2,1-3H3,(H,31,32,37,38)/t18?,20-,21+/m0/s1. The Labute approximate surface area is 223 Å². The summed E-state index contributed by atoms with van der Waals surface area (Å²) < 4.78 is 1.44. The molecule has 1 aliphatic heterocycles. The SMILES string of the molecule is CC(Cc1ccc(-n2ccc(NC(=O)N3CCN(C(=O)C(C)(C)N)CC3)nc2=O)cc1)N[C@@H]1CC[C@H](N)C1. The van der Waals surface area contributed by atoms with Crippen LogP contribution in [0.15, 0.2) is 41.3 Å². The highest BCUT2D eigenvalue weighted by atomic mass is 16.2. The van der Waals surface area contributed by atoms with E-state index in [9.17, 15) is 14.4 Å². The minimum atomic E-state index is -0.946. The largest absolute Gasteiger partial charge is 0.354 e. The molecule has 38 heavy (non-hydrogen) atoms. The van der Waals surface area contributed by atoms with Crippen LogP contribution in [0.3, 0.4) is 0 Å². The molecule has 0 spiro atoms. The Bertz CT molecular complexity index is 1180. The molecule has 11 heteroatoms. The van der Waals surface area contributed by atoms with Gasteiger partial charge in [-0.15, -0.1) is 0 Å². The fourth-order valence-electron chi connectivity index (χ4n) is 5.15. The zero-order valence-electron chi connectivity index (χ0n) is 22.5. The van der Waals surface area contributed by atoms with Crippen molar-refractivity contribution in [2.45, 2.75) is 70.1 Å². The first kappa shape index (κ1) is 27.7. The van der Waals surface area contributed by atoms with Gasteiger partial charge in [-0.05, 0) is 70.2 Å². The highest BCUT2D eigenvalue weighted by molar-refractivity contribution is 5.89. The van der Waals surface area contributed by atoms with Crippen LogP contribution in [0.2, 0.25) is 0 Å². The summed E-state index contributed by atoms with van der Waals surface area (Å²) in [4.78, 5) is 45.0. The van der Waals surface area contributed by atoms with Crippen molar-refractivity contribution in [1.29, 1.82) is 0 Å². The van der Waals surface area contributed by atoms with Crippen molar-refractivity contribution in [3.05, 3.63) is 52.6 Å². The summed E-state index contributed by atoms with van der Waals surface area (Å²) >= 11 is 0. The van der Waals surface area contributed by atoms with Crippen molar-refractivity contribution in [3.8, 4) is 5.69 Å². The molecule has 206 valence electrons. The quantitative estimate of drug-likeness (QED) is 0.422. The van der Waals surface area contributed by atoms with Crippen LogP contribution in [0.4, 0.5) is 10.6 Å². The minimum Gasteiger partial charge on any atom is -0.338 e. The highest BCUT2D eigenvalue weighted by Crippen LogP contribution is 2.19. The molecule has 0 radical (unpaired) electrons. The lowest BCUT2D eigenvalue weighted by molar-refractivity contribution is -0.137. The summed E-state index contributed by atoms with van der Waals surface area (Å²) in [6.07, 6.45) is 5.73. The predicted molar refractivity (Wildman–Crippen MR) is 147 cm³/mol. The van der Waals surface area contributed by atoms with Crippen molar-refractivity contribution in [1.82, 2.24) is 24.7 Å². The Morgan fingerprint density at radius 2 is 1.74 bits per heavy atom. The number of piperazine rings is 1. The topological polar surface area (TPSA) is 152 Å². The zero-order valence-corrected chi connectivity index (χ0v) is 22.5. The summed E-state index contributed by atoms with van der Waals surface area (Å²) in [5.41, 5.74) is 12.4. The van der Waals surface area contributed by atoms with E-state index in [2.05, 4.69) is 22.5 Å². The van der Waals surface area contributed by atoms with Crippen LogP contribution in [-0.2, 0) is 11.2 Å². The van der Waals surface area contributed by atoms with E-state index in [4.69, 9.17) is 11.5 Å². The van der Waals surface area contributed by atoms with Gasteiger partial charge >= 0.3 is 11.7 Å². The average Bonchev–Trinajstić information content (AvgIpc) is 3.28. The summed E-state index contributed by atoms with van der Waals surface area (Å²) in [6.45, 7) is 7.08. The van der Waals surface area contributed by atoms with Crippen LogP contribution in [0, 0.1) is 0 Å². The van der Waals surface area contributed by atoms with Crippen molar-refractivity contribution < 1.29 is 9.59 Å². The molecular formula is C27H40N8O3. The minimum absolute atomic E-state index is 0.142. The van der Waals surface area contributed by atoms with Gasteiger partial charge in [-0.2, -0.15) is 4.98 Å². The number of nitrogens with one attached hydrogen (secondary N) is 2. The third-order valence-electron chi connectivity index (χ3n) is 7.19. The van der Waals surface area contributed by atoms with E-state index in [1.807, 2.05) is 24.3 Å². The lowest BCUT2D eigenvalue weighted by atomic mass is 10.1. The van der Waals surface area contributed by atoms with Crippen LogP contribution >= 0.6 is 0 Å². The molecule has 3 atom stereocenters.